The van der Waals surface area contributed by atoms with Crippen molar-refractivity contribution in [2.24, 2.45) is 0 Å². The Morgan fingerprint density at radius 1 is 1.09 bits per heavy atom. The molecule has 0 spiro atoms. The lowest BCUT2D eigenvalue weighted by Crippen LogP contribution is -2.46. The molecule has 1 fully saturated rings. The first kappa shape index (κ1) is 15.8. The van der Waals surface area contributed by atoms with Crippen LogP contribution in [0.15, 0.2) is 30.5 Å². The number of carbonyl (C=O) groups excluding carboxylic acids is 1. The lowest BCUT2D eigenvalue weighted by atomic mass is 10.3. The number of hydrogen-bond acceptors (Lipinski definition) is 5. The second-order valence-corrected chi connectivity index (χ2v) is 5.94. The summed E-state index contributed by atoms with van der Waals surface area (Å²) in [6.07, 6.45) is 2.58. The van der Waals surface area contributed by atoms with E-state index in [2.05, 4.69) is 20.2 Å². The molecule has 120 valence electrons. The molecule has 1 aliphatic heterocycles. The maximum absolute atomic E-state index is 10.8. The van der Waals surface area contributed by atoms with E-state index in [0.29, 0.717) is 34.9 Å². The van der Waals surface area contributed by atoms with Crippen molar-refractivity contribution in [1.82, 2.24) is 14.9 Å². The highest BCUT2D eigenvalue weighted by Gasteiger charge is 2.17. The second-order valence-electron chi connectivity index (χ2n) is 5.12. The van der Waals surface area contributed by atoms with Crippen molar-refractivity contribution in [2.45, 2.75) is 0 Å². The molecule has 8 heteroatoms. The van der Waals surface area contributed by atoms with Crippen molar-refractivity contribution >= 4 is 47.1 Å². The SMILES string of the molecule is O=CN1CCN(c2nccc(Nc3ccc(Cl)c(Cl)c3)n2)CC1. The summed E-state index contributed by atoms with van der Waals surface area (Å²) in [5.74, 6) is 1.31. The summed E-state index contributed by atoms with van der Waals surface area (Å²) >= 11 is 11.9. The van der Waals surface area contributed by atoms with Crippen LogP contribution in [0.3, 0.4) is 0 Å². The smallest absolute Gasteiger partial charge is 0.227 e. The van der Waals surface area contributed by atoms with Gasteiger partial charge in [0, 0.05) is 38.1 Å². The van der Waals surface area contributed by atoms with Crippen LogP contribution in [0.4, 0.5) is 17.5 Å². The van der Waals surface area contributed by atoms with Crippen molar-refractivity contribution in [3.63, 3.8) is 0 Å². The molecule has 1 aromatic carbocycles. The normalized spacial score (nSPS) is 14.7. The molecule has 1 aromatic heterocycles. The number of rotatable bonds is 4. The number of hydrogen-bond donors (Lipinski definition) is 1. The monoisotopic (exact) mass is 351 g/mol. The molecule has 3 rings (SSSR count). The van der Waals surface area contributed by atoms with E-state index in [1.807, 2.05) is 6.07 Å². The molecule has 2 aromatic rings. The fraction of sp³-hybridized carbons (Fsp3) is 0.267. The molecule has 1 amide bonds. The number of amides is 1. The Morgan fingerprint density at radius 2 is 1.87 bits per heavy atom. The summed E-state index contributed by atoms with van der Waals surface area (Å²) in [6.45, 7) is 2.79. The van der Waals surface area contributed by atoms with Gasteiger partial charge in [-0.05, 0) is 24.3 Å². The van der Waals surface area contributed by atoms with Crippen LogP contribution in [0, 0.1) is 0 Å². The molecule has 0 radical (unpaired) electrons. The van der Waals surface area contributed by atoms with E-state index in [-0.39, 0.29) is 0 Å². The molecule has 1 saturated heterocycles. The number of nitrogens with one attached hydrogen (secondary N) is 1. The van der Waals surface area contributed by atoms with Gasteiger partial charge in [-0.15, -0.1) is 0 Å². The standard InChI is InChI=1S/C15H15Cl2N5O/c16-12-2-1-11(9-13(12)17)19-14-3-4-18-15(20-14)22-7-5-21(10-23)6-8-22/h1-4,9-10H,5-8H2,(H,18,19,20). The maximum atomic E-state index is 10.8. The molecule has 0 saturated carbocycles. The summed E-state index contributed by atoms with van der Waals surface area (Å²) in [5, 5.41) is 4.17. The van der Waals surface area contributed by atoms with E-state index in [9.17, 15) is 4.79 Å². The predicted molar refractivity (Wildman–Crippen MR) is 91.6 cm³/mol. The van der Waals surface area contributed by atoms with Crippen LogP contribution in [0.2, 0.25) is 10.0 Å². The zero-order valence-corrected chi connectivity index (χ0v) is 13.8. The van der Waals surface area contributed by atoms with Gasteiger partial charge in [0.25, 0.3) is 0 Å². The van der Waals surface area contributed by atoms with Gasteiger partial charge < -0.3 is 15.1 Å². The number of nitrogens with zero attached hydrogens (tertiary/aromatic N) is 4. The van der Waals surface area contributed by atoms with Gasteiger partial charge in [0.1, 0.15) is 5.82 Å². The molecule has 6 nitrogen and oxygen atoms in total. The van der Waals surface area contributed by atoms with Crippen LogP contribution in [0.5, 0.6) is 0 Å². The average Bonchev–Trinajstić information content (AvgIpc) is 2.58. The van der Waals surface area contributed by atoms with E-state index >= 15 is 0 Å². The van der Waals surface area contributed by atoms with Crippen molar-refractivity contribution in [2.75, 3.05) is 36.4 Å². The largest absolute Gasteiger partial charge is 0.342 e. The highest BCUT2D eigenvalue weighted by atomic mass is 35.5. The van der Waals surface area contributed by atoms with Crippen molar-refractivity contribution in [3.05, 3.63) is 40.5 Å². The topological polar surface area (TPSA) is 61.4 Å². The molecule has 23 heavy (non-hydrogen) atoms. The third-order valence-corrected chi connectivity index (χ3v) is 4.32. The van der Waals surface area contributed by atoms with Crippen molar-refractivity contribution in [3.8, 4) is 0 Å². The van der Waals surface area contributed by atoms with Gasteiger partial charge in [-0.1, -0.05) is 23.2 Å². The van der Waals surface area contributed by atoms with Gasteiger partial charge in [-0.3, -0.25) is 4.79 Å². The summed E-state index contributed by atoms with van der Waals surface area (Å²) < 4.78 is 0. The van der Waals surface area contributed by atoms with Crippen LogP contribution in [-0.2, 0) is 4.79 Å². The molecule has 1 N–H and O–H groups in total. The first-order valence-electron chi connectivity index (χ1n) is 7.15. The number of halogens is 2. The average molecular weight is 352 g/mol. The number of anilines is 3. The molecule has 2 heterocycles. The molecule has 0 atom stereocenters. The minimum Gasteiger partial charge on any atom is -0.342 e. The van der Waals surface area contributed by atoms with Crippen molar-refractivity contribution < 1.29 is 4.79 Å². The predicted octanol–water partition coefficient (Wildman–Crippen LogP) is 2.81. The fourth-order valence-electron chi connectivity index (χ4n) is 2.32. The molecular formula is C15H15Cl2N5O. The Balaban J connectivity index is 1.72. The molecule has 0 aliphatic carbocycles. The number of aromatic nitrogens is 2. The summed E-state index contributed by atoms with van der Waals surface area (Å²) in [7, 11) is 0. The van der Waals surface area contributed by atoms with Crippen LogP contribution < -0.4 is 10.2 Å². The Hall–Kier alpha value is -2.05. The van der Waals surface area contributed by atoms with E-state index in [4.69, 9.17) is 23.2 Å². The second kappa shape index (κ2) is 7.02. The third kappa shape index (κ3) is 3.83. The van der Waals surface area contributed by atoms with Gasteiger partial charge in [0.05, 0.1) is 10.0 Å². The van der Waals surface area contributed by atoms with Gasteiger partial charge in [-0.2, -0.15) is 4.98 Å². The fourth-order valence-corrected chi connectivity index (χ4v) is 2.62. The highest BCUT2D eigenvalue weighted by Crippen LogP contribution is 2.26. The number of benzene rings is 1. The van der Waals surface area contributed by atoms with E-state index < -0.39 is 0 Å². The summed E-state index contributed by atoms with van der Waals surface area (Å²) in [5.41, 5.74) is 0.801. The number of piperazine rings is 1. The molecule has 1 aliphatic rings. The van der Waals surface area contributed by atoms with Crippen LogP contribution in [0.1, 0.15) is 0 Å². The maximum Gasteiger partial charge on any atom is 0.227 e. The van der Waals surface area contributed by atoms with Crippen LogP contribution in [0.25, 0.3) is 0 Å². The van der Waals surface area contributed by atoms with E-state index in [1.165, 1.54) is 0 Å². The van der Waals surface area contributed by atoms with E-state index in [1.54, 1.807) is 29.3 Å². The van der Waals surface area contributed by atoms with Gasteiger partial charge in [0.2, 0.25) is 12.4 Å². The van der Waals surface area contributed by atoms with Crippen molar-refractivity contribution in [1.29, 1.82) is 0 Å². The van der Waals surface area contributed by atoms with Crippen LogP contribution >= 0.6 is 23.2 Å². The summed E-state index contributed by atoms with van der Waals surface area (Å²) in [6, 6.07) is 7.09. The molecule has 0 bridgehead atoms. The lowest BCUT2D eigenvalue weighted by molar-refractivity contribution is -0.118. The highest BCUT2D eigenvalue weighted by molar-refractivity contribution is 6.42. The Bertz CT molecular complexity index is 704. The van der Waals surface area contributed by atoms with Crippen LogP contribution in [-0.4, -0.2) is 47.5 Å². The summed E-state index contributed by atoms with van der Waals surface area (Å²) in [4.78, 5) is 23.4. The Morgan fingerprint density at radius 3 is 2.57 bits per heavy atom. The van der Waals surface area contributed by atoms with Gasteiger partial charge in [0.15, 0.2) is 0 Å². The van der Waals surface area contributed by atoms with E-state index in [0.717, 1.165) is 25.2 Å². The molecule has 0 unspecified atom stereocenters. The van der Waals surface area contributed by atoms with Gasteiger partial charge >= 0.3 is 0 Å². The Labute approximate surface area is 144 Å². The quantitative estimate of drug-likeness (QED) is 0.858. The Kier molecular flexibility index (Phi) is 4.83. The van der Waals surface area contributed by atoms with Gasteiger partial charge in [-0.25, -0.2) is 4.98 Å². The zero-order chi connectivity index (χ0) is 16.2. The number of carbonyl (C=O) groups is 1. The first-order valence-corrected chi connectivity index (χ1v) is 7.91. The third-order valence-electron chi connectivity index (χ3n) is 3.58. The molecular weight excluding hydrogens is 337 g/mol. The first-order chi connectivity index (χ1) is 11.2. The lowest BCUT2D eigenvalue weighted by Gasteiger charge is -2.32. The minimum atomic E-state index is 0.482. The zero-order valence-electron chi connectivity index (χ0n) is 12.2. The minimum absolute atomic E-state index is 0.482.